The van der Waals surface area contributed by atoms with Gasteiger partial charge in [-0.15, -0.1) is 11.8 Å². The standard InChI is InChI=1S/C15H13ClFNS/c16-12-9-10(17)5-6-14(12)18-13-7-8-19-15-4-2-1-3-11(13)15/h1-6,9,13,18H,7-8H2. The molecule has 0 saturated carbocycles. The molecule has 3 rings (SSSR count). The van der Waals surface area contributed by atoms with Crippen LogP contribution in [0.15, 0.2) is 47.4 Å². The number of nitrogens with one attached hydrogen (secondary N) is 1. The van der Waals surface area contributed by atoms with Gasteiger partial charge in [0.15, 0.2) is 0 Å². The largest absolute Gasteiger partial charge is 0.377 e. The van der Waals surface area contributed by atoms with Gasteiger partial charge in [-0.1, -0.05) is 29.8 Å². The molecule has 0 saturated heterocycles. The molecular formula is C15H13ClFNS. The summed E-state index contributed by atoms with van der Waals surface area (Å²) in [5, 5.41) is 3.85. The fourth-order valence-electron chi connectivity index (χ4n) is 2.29. The second-order valence-corrected chi connectivity index (χ2v) is 6.04. The van der Waals surface area contributed by atoms with E-state index in [9.17, 15) is 4.39 Å². The Morgan fingerprint density at radius 2 is 2.05 bits per heavy atom. The minimum absolute atomic E-state index is 0.236. The lowest BCUT2D eigenvalue weighted by Crippen LogP contribution is -2.16. The summed E-state index contributed by atoms with van der Waals surface area (Å²) in [5.74, 6) is 0.767. The van der Waals surface area contributed by atoms with Crippen molar-refractivity contribution in [2.24, 2.45) is 0 Å². The van der Waals surface area contributed by atoms with Crippen molar-refractivity contribution in [3.8, 4) is 0 Å². The third-order valence-corrected chi connectivity index (χ3v) is 4.65. The van der Waals surface area contributed by atoms with E-state index in [0.29, 0.717) is 5.02 Å². The zero-order valence-electron chi connectivity index (χ0n) is 10.2. The normalized spacial score (nSPS) is 17.9. The van der Waals surface area contributed by atoms with Crippen molar-refractivity contribution in [1.82, 2.24) is 0 Å². The first kappa shape index (κ1) is 12.8. The van der Waals surface area contributed by atoms with Crippen LogP contribution in [-0.2, 0) is 0 Å². The summed E-state index contributed by atoms with van der Waals surface area (Å²) >= 11 is 7.94. The Balaban J connectivity index is 1.88. The lowest BCUT2D eigenvalue weighted by atomic mass is 10.0. The molecule has 1 heterocycles. The van der Waals surface area contributed by atoms with E-state index in [2.05, 4.69) is 23.5 Å². The van der Waals surface area contributed by atoms with E-state index in [0.717, 1.165) is 17.9 Å². The van der Waals surface area contributed by atoms with Crippen molar-refractivity contribution in [3.05, 3.63) is 58.9 Å². The first-order valence-corrected chi connectivity index (χ1v) is 7.54. The van der Waals surface area contributed by atoms with Crippen molar-refractivity contribution in [2.75, 3.05) is 11.1 Å². The lowest BCUT2D eigenvalue weighted by Gasteiger charge is -2.27. The molecule has 1 N–H and O–H groups in total. The molecular weight excluding hydrogens is 281 g/mol. The minimum atomic E-state index is -0.310. The number of benzene rings is 2. The zero-order valence-corrected chi connectivity index (χ0v) is 11.8. The van der Waals surface area contributed by atoms with Gasteiger partial charge in [-0.25, -0.2) is 4.39 Å². The summed E-state index contributed by atoms with van der Waals surface area (Å²) in [7, 11) is 0. The van der Waals surface area contributed by atoms with E-state index in [4.69, 9.17) is 11.6 Å². The zero-order chi connectivity index (χ0) is 13.2. The molecule has 0 spiro atoms. The Bertz CT molecular complexity index is 602. The second kappa shape index (κ2) is 5.43. The van der Waals surface area contributed by atoms with Crippen molar-refractivity contribution in [2.45, 2.75) is 17.4 Å². The maximum atomic E-state index is 13.0. The van der Waals surface area contributed by atoms with Gasteiger partial charge in [0.1, 0.15) is 5.82 Å². The van der Waals surface area contributed by atoms with Gasteiger partial charge in [0.2, 0.25) is 0 Å². The molecule has 2 aromatic carbocycles. The molecule has 1 nitrogen and oxygen atoms in total. The van der Waals surface area contributed by atoms with Crippen LogP contribution in [0.25, 0.3) is 0 Å². The van der Waals surface area contributed by atoms with Crippen LogP contribution >= 0.6 is 23.4 Å². The van der Waals surface area contributed by atoms with Gasteiger partial charge in [-0.05, 0) is 36.2 Å². The van der Waals surface area contributed by atoms with Gasteiger partial charge in [-0.3, -0.25) is 0 Å². The highest BCUT2D eigenvalue weighted by Gasteiger charge is 2.20. The Morgan fingerprint density at radius 1 is 1.21 bits per heavy atom. The molecule has 0 amide bonds. The average molecular weight is 294 g/mol. The molecule has 1 unspecified atom stereocenters. The number of halogens is 2. The lowest BCUT2D eigenvalue weighted by molar-refractivity contribution is 0.627. The summed E-state index contributed by atoms with van der Waals surface area (Å²) < 4.78 is 13.0. The fraction of sp³-hybridized carbons (Fsp3) is 0.200. The SMILES string of the molecule is Fc1ccc(NC2CCSc3ccccc32)c(Cl)c1. The van der Waals surface area contributed by atoms with Crippen molar-refractivity contribution in [1.29, 1.82) is 0 Å². The van der Waals surface area contributed by atoms with E-state index in [1.54, 1.807) is 6.07 Å². The van der Waals surface area contributed by atoms with Crippen molar-refractivity contribution >= 4 is 29.1 Å². The van der Waals surface area contributed by atoms with E-state index < -0.39 is 0 Å². The Kier molecular flexibility index (Phi) is 3.67. The number of hydrogen-bond acceptors (Lipinski definition) is 2. The van der Waals surface area contributed by atoms with Crippen LogP contribution in [0, 0.1) is 5.82 Å². The predicted molar refractivity (Wildman–Crippen MR) is 79.6 cm³/mol. The average Bonchev–Trinajstić information content (AvgIpc) is 2.42. The van der Waals surface area contributed by atoms with Crippen LogP contribution in [0.1, 0.15) is 18.0 Å². The van der Waals surface area contributed by atoms with Crippen LogP contribution in [0.5, 0.6) is 0 Å². The van der Waals surface area contributed by atoms with E-state index in [1.165, 1.54) is 22.6 Å². The number of fused-ring (bicyclic) bond motifs is 1. The second-order valence-electron chi connectivity index (χ2n) is 4.50. The smallest absolute Gasteiger partial charge is 0.124 e. The van der Waals surface area contributed by atoms with Gasteiger partial charge >= 0.3 is 0 Å². The maximum Gasteiger partial charge on any atom is 0.124 e. The molecule has 0 radical (unpaired) electrons. The molecule has 0 aromatic heterocycles. The molecule has 1 aliphatic rings. The quantitative estimate of drug-likeness (QED) is 0.824. The van der Waals surface area contributed by atoms with Gasteiger partial charge in [0, 0.05) is 10.6 Å². The maximum absolute atomic E-state index is 13.0. The number of thioether (sulfide) groups is 1. The topological polar surface area (TPSA) is 12.0 Å². The van der Waals surface area contributed by atoms with E-state index in [-0.39, 0.29) is 11.9 Å². The van der Waals surface area contributed by atoms with Crippen LogP contribution in [0.3, 0.4) is 0 Å². The summed E-state index contributed by atoms with van der Waals surface area (Å²) in [5.41, 5.74) is 2.08. The van der Waals surface area contributed by atoms with Gasteiger partial charge in [-0.2, -0.15) is 0 Å². The van der Waals surface area contributed by atoms with E-state index >= 15 is 0 Å². The van der Waals surface area contributed by atoms with E-state index in [1.807, 2.05) is 17.8 Å². The van der Waals surface area contributed by atoms with Crippen LogP contribution in [0.2, 0.25) is 5.02 Å². The number of anilines is 1. The number of rotatable bonds is 2. The molecule has 0 bridgehead atoms. The Hall–Kier alpha value is -1.19. The van der Waals surface area contributed by atoms with Crippen LogP contribution in [0.4, 0.5) is 10.1 Å². The Labute approximate surface area is 121 Å². The molecule has 2 aromatic rings. The molecule has 19 heavy (non-hydrogen) atoms. The van der Waals surface area contributed by atoms with Crippen LogP contribution in [-0.4, -0.2) is 5.75 Å². The molecule has 0 aliphatic carbocycles. The molecule has 98 valence electrons. The molecule has 4 heteroatoms. The van der Waals surface area contributed by atoms with Crippen LogP contribution < -0.4 is 5.32 Å². The van der Waals surface area contributed by atoms with Crippen molar-refractivity contribution in [3.63, 3.8) is 0 Å². The van der Waals surface area contributed by atoms with Crippen molar-refractivity contribution < 1.29 is 4.39 Å². The fourth-order valence-corrected chi connectivity index (χ4v) is 3.63. The summed E-state index contributed by atoms with van der Waals surface area (Å²) in [6.07, 6.45) is 1.04. The number of hydrogen-bond donors (Lipinski definition) is 1. The van der Waals surface area contributed by atoms with Gasteiger partial charge < -0.3 is 5.32 Å². The molecule has 1 atom stereocenters. The van der Waals surface area contributed by atoms with Gasteiger partial charge in [0.25, 0.3) is 0 Å². The molecule has 1 aliphatic heterocycles. The highest BCUT2D eigenvalue weighted by molar-refractivity contribution is 7.99. The summed E-state index contributed by atoms with van der Waals surface area (Å²) in [6.45, 7) is 0. The third-order valence-electron chi connectivity index (χ3n) is 3.22. The highest BCUT2D eigenvalue weighted by Crippen LogP contribution is 2.38. The summed E-state index contributed by atoms with van der Waals surface area (Å²) in [6, 6.07) is 13.1. The molecule has 0 fully saturated rings. The third kappa shape index (κ3) is 2.72. The minimum Gasteiger partial charge on any atom is -0.377 e. The Morgan fingerprint density at radius 3 is 2.89 bits per heavy atom. The monoisotopic (exact) mass is 293 g/mol. The predicted octanol–water partition coefficient (Wildman–Crippen LogP) is 5.13. The first-order valence-electron chi connectivity index (χ1n) is 6.17. The first-order chi connectivity index (χ1) is 9.24. The summed E-state index contributed by atoms with van der Waals surface area (Å²) in [4.78, 5) is 1.31. The van der Waals surface area contributed by atoms with Gasteiger partial charge in [0.05, 0.1) is 16.8 Å². The highest BCUT2D eigenvalue weighted by atomic mass is 35.5.